The van der Waals surface area contributed by atoms with Crippen molar-refractivity contribution in [2.45, 2.75) is 13.8 Å². The molecule has 0 atom stereocenters. The van der Waals surface area contributed by atoms with Gasteiger partial charge in [-0.3, -0.25) is 4.98 Å². The number of hydrogen-bond acceptors (Lipinski definition) is 3. The molecule has 19 heavy (non-hydrogen) atoms. The van der Waals surface area contributed by atoms with Crippen LogP contribution in [0.3, 0.4) is 0 Å². The number of aryl methyl sites for hydroxylation is 1. The van der Waals surface area contributed by atoms with Gasteiger partial charge in [-0.25, -0.2) is 0 Å². The monoisotopic (exact) mass is 271 g/mol. The van der Waals surface area contributed by atoms with Gasteiger partial charge in [0.25, 0.3) is 0 Å². The van der Waals surface area contributed by atoms with E-state index in [0.717, 1.165) is 17.9 Å². The number of rotatable bonds is 4. The molecule has 2 rings (SSSR count). The molecule has 1 aromatic carbocycles. The van der Waals surface area contributed by atoms with E-state index in [1.807, 2.05) is 12.1 Å². The Hall–Kier alpha value is -1.94. The van der Waals surface area contributed by atoms with Crippen molar-refractivity contribution < 1.29 is 0 Å². The summed E-state index contributed by atoms with van der Waals surface area (Å²) in [5.41, 5.74) is 9.65. The lowest BCUT2D eigenvalue weighted by Gasteiger charge is -2.23. The summed E-state index contributed by atoms with van der Waals surface area (Å²) >= 11 is 4.91. The highest BCUT2D eigenvalue weighted by molar-refractivity contribution is 7.80. The Morgan fingerprint density at radius 3 is 2.58 bits per heavy atom. The van der Waals surface area contributed by atoms with Gasteiger partial charge in [-0.15, -0.1) is 0 Å². The average molecular weight is 271 g/mol. The molecule has 0 unspecified atom stereocenters. The number of thiocarbonyl (C=S) groups is 1. The first-order valence-corrected chi connectivity index (χ1v) is 6.62. The quantitative estimate of drug-likeness (QED) is 0.867. The van der Waals surface area contributed by atoms with Gasteiger partial charge in [-0.2, -0.15) is 0 Å². The molecule has 2 N–H and O–H groups in total. The number of pyridine rings is 1. The van der Waals surface area contributed by atoms with Gasteiger partial charge in [-0.1, -0.05) is 24.4 Å². The van der Waals surface area contributed by atoms with Crippen molar-refractivity contribution in [1.29, 1.82) is 0 Å². The van der Waals surface area contributed by atoms with Crippen LogP contribution in [0.15, 0.2) is 42.6 Å². The van der Waals surface area contributed by atoms with E-state index in [2.05, 4.69) is 48.0 Å². The van der Waals surface area contributed by atoms with Crippen molar-refractivity contribution in [1.82, 2.24) is 4.98 Å². The standard InChI is InChI=1S/C15H17N3S/c1-3-18(12-6-4-5-11(2)9-12)13-7-8-14(15(16)19)17-10-13/h4-10H,3H2,1-2H3,(H2,16,19). The molecule has 0 fully saturated rings. The third-order valence-electron chi connectivity index (χ3n) is 2.94. The lowest BCUT2D eigenvalue weighted by molar-refractivity contribution is 1.01. The van der Waals surface area contributed by atoms with E-state index < -0.39 is 0 Å². The van der Waals surface area contributed by atoms with Crippen molar-refractivity contribution >= 4 is 28.6 Å². The molecule has 0 bridgehead atoms. The van der Waals surface area contributed by atoms with E-state index >= 15 is 0 Å². The normalized spacial score (nSPS) is 10.2. The zero-order chi connectivity index (χ0) is 13.8. The minimum absolute atomic E-state index is 0.324. The van der Waals surface area contributed by atoms with Gasteiger partial charge in [0.05, 0.1) is 17.6 Å². The Balaban J connectivity index is 2.34. The molecular weight excluding hydrogens is 254 g/mol. The summed E-state index contributed by atoms with van der Waals surface area (Å²) in [5.74, 6) is 0. The first-order valence-electron chi connectivity index (χ1n) is 6.22. The van der Waals surface area contributed by atoms with E-state index in [-0.39, 0.29) is 0 Å². The highest BCUT2D eigenvalue weighted by atomic mass is 32.1. The predicted molar refractivity (Wildman–Crippen MR) is 84.0 cm³/mol. The highest BCUT2D eigenvalue weighted by Gasteiger charge is 2.08. The summed E-state index contributed by atoms with van der Waals surface area (Å²) in [6.45, 7) is 5.08. The van der Waals surface area contributed by atoms with Gasteiger partial charge in [0.15, 0.2) is 0 Å². The van der Waals surface area contributed by atoms with Gasteiger partial charge >= 0.3 is 0 Å². The maximum absolute atomic E-state index is 5.56. The van der Waals surface area contributed by atoms with Crippen LogP contribution in [0.1, 0.15) is 18.2 Å². The first kappa shape index (κ1) is 13.5. The number of anilines is 2. The number of benzene rings is 1. The molecule has 1 heterocycles. The molecule has 0 amide bonds. The predicted octanol–water partition coefficient (Wildman–Crippen LogP) is 3.18. The maximum atomic E-state index is 5.56. The molecule has 0 saturated heterocycles. The van der Waals surface area contributed by atoms with Crippen LogP contribution >= 0.6 is 12.2 Å². The molecule has 0 spiro atoms. The average Bonchev–Trinajstić information content (AvgIpc) is 2.40. The van der Waals surface area contributed by atoms with Crippen molar-refractivity contribution in [3.8, 4) is 0 Å². The van der Waals surface area contributed by atoms with Crippen LogP contribution in [0.5, 0.6) is 0 Å². The molecule has 0 aliphatic heterocycles. The Morgan fingerprint density at radius 2 is 2.05 bits per heavy atom. The molecule has 2 aromatic rings. The smallest absolute Gasteiger partial charge is 0.122 e. The minimum Gasteiger partial charge on any atom is -0.388 e. The maximum Gasteiger partial charge on any atom is 0.122 e. The first-order chi connectivity index (χ1) is 9.11. The largest absolute Gasteiger partial charge is 0.388 e. The van der Waals surface area contributed by atoms with Crippen LogP contribution in [0.2, 0.25) is 0 Å². The zero-order valence-corrected chi connectivity index (χ0v) is 11.9. The number of nitrogens with zero attached hydrogens (tertiary/aromatic N) is 2. The topological polar surface area (TPSA) is 42.1 Å². The van der Waals surface area contributed by atoms with Crippen LogP contribution in [0.25, 0.3) is 0 Å². The number of hydrogen-bond donors (Lipinski definition) is 1. The van der Waals surface area contributed by atoms with E-state index in [1.165, 1.54) is 5.56 Å². The summed E-state index contributed by atoms with van der Waals surface area (Å²) < 4.78 is 0. The summed E-state index contributed by atoms with van der Waals surface area (Å²) in [6, 6.07) is 12.3. The van der Waals surface area contributed by atoms with E-state index in [9.17, 15) is 0 Å². The highest BCUT2D eigenvalue weighted by Crippen LogP contribution is 2.25. The molecule has 1 aromatic heterocycles. The minimum atomic E-state index is 0.324. The van der Waals surface area contributed by atoms with Crippen LogP contribution < -0.4 is 10.6 Å². The summed E-state index contributed by atoms with van der Waals surface area (Å²) in [6.07, 6.45) is 1.81. The molecule has 0 radical (unpaired) electrons. The van der Waals surface area contributed by atoms with E-state index in [0.29, 0.717) is 10.7 Å². The van der Waals surface area contributed by atoms with Crippen molar-refractivity contribution in [2.24, 2.45) is 5.73 Å². The summed E-state index contributed by atoms with van der Waals surface area (Å²) in [4.78, 5) is 6.81. The molecule has 98 valence electrons. The van der Waals surface area contributed by atoms with E-state index in [4.69, 9.17) is 18.0 Å². The summed E-state index contributed by atoms with van der Waals surface area (Å²) in [7, 11) is 0. The van der Waals surface area contributed by atoms with Crippen LogP contribution in [0, 0.1) is 6.92 Å². The second kappa shape index (κ2) is 5.80. The molecular formula is C15H17N3S. The molecule has 3 nitrogen and oxygen atoms in total. The van der Waals surface area contributed by atoms with Gasteiger partial charge in [0, 0.05) is 12.2 Å². The van der Waals surface area contributed by atoms with Crippen LogP contribution in [-0.2, 0) is 0 Å². The third kappa shape index (κ3) is 3.09. The Kier molecular flexibility index (Phi) is 4.12. The van der Waals surface area contributed by atoms with Gasteiger partial charge in [-0.05, 0) is 43.7 Å². The number of nitrogens with two attached hydrogens (primary N) is 1. The Bertz CT molecular complexity index is 578. The number of aromatic nitrogens is 1. The third-order valence-corrected chi connectivity index (χ3v) is 3.15. The van der Waals surface area contributed by atoms with Gasteiger partial charge < -0.3 is 10.6 Å². The molecule has 0 aliphatic rings. The van der Waals surface area contributed by atoms with Crippen molar-refractivity contribution in [3.05, 3.63) is 53.9 Å². The van der Waals surface area contributed by atoms with Crippen LogP contribution in [0.4, 0.5) is 11.4 Å². The SMILES string of the molecule is CCN(c1ccc(C(N)=S)nc1)c1cccc(C)c1. The second-order valence-electron chi connectivity index (χ2n) is 4.35. The summed E-state index contributed by atoms with van der Waals surface area (Å²) in [5, 5.41) is 0. The zero-order valence-electron chi connectivity index (χ0n) is 11.1. The molecule has 0 aliphatic carbocycles. The molecule has 0 saturated carbocycles. The van der Waals surface area contributed by atoms with Gasteiger partial charge in [0.2, 0.25) is 0 Å². The lowest BCUT2D eigenvalue weighted by atomic mass is 10.2. The fraction of sp³-hybridized carbons (Fsp3) is 0.200. The lowest BCUT2D eigenvalue weighted by Crippen LogP contribution is -2.17. The fourth-order valence-electron chi connectivity index (χ4n) is 2.00. The Morgan fingerprint density at radius 1 is 1.26 bits per heavy atom. The van der Waals surface area contributed by atoms with Gasteiger partial charge in [0.1, 0.15) is 4.99 Å². The Labute approximate surface area is 119 Å². The van der Waals surface area contributed by atoms with Crippen molar-refractivity contribution in [2.75, 3.05) is 11.4 Å². The van der Waals surface area contributed by atoms with Crippen molar-refractivity contribution in [3.63, 3.8) is 0 Å². The fourth-order valence-corrected chi connectivity index (χ4v) is 2.12. The van der Waals surface area contributed by atoms with E-state index in [1.54, 1.807) is 6.20 Å². The van der Waals surface area contributed by atoms with Crippen LogP contribution in [-0.4, -0.2) is 16.5 Å². The second-order valence-corrected chi connectivity index (χ2v) is 4.79. The molecule has 4 heteroatoms.